The van der Waals surface area contributed by atoms with Crippen molar-refractivity contribution in [2.75, 3.05) is 115 Å². The maximum Gasteiger partial charge on any atom is 0.264 e. The fourth-order valence-electron chi connectivity index (χ4n) is 3.36. The molecule has 25 heteroatoms. The van der Waals surface area contributed by atoms with Crippen LogP contribution in [0.1, 0.15) is 95.4 Å². The number of hydrogen-bond donors (Lipinski definition) is 8. The van der Waals surface area contributed by atoms with Gasteiger partial charge in [-0.1, -0.05) is 79.5 Å². The third kappa shape index (κ3) is 95.1. The second-order valence-electron chi connectivity index (χ2n) is 16.7. The molecule has 12 atom stereocenters. The SMILES string of the molecule is BrBr.C=CCCN.CC(=O)SC(C)C(C)N(C)C.CC(O)C(C)N(C)C.CC(OS(C)(=O)=O)C(C)N(C)C.CC(S)C(C)N(C)C.CC1OC1C.CNC.CO.NCCC(Br)CBr.NCCC(Br)CS.O. The zero-order valence-corrected chi connectivity index (χ0v) is 59.8. The van der Waals surface area contributed by atoms with Crippen molar-refractivity contribution in [1.82, 2.24) is 24.9 Å². The predicted octanol–water partition coefficient (Wildman–Crippen LogP) is 7.63. The molecule has 0 aromatic heterocycles. The first-order valence-electron chi connectivity index (χ1n) is 23.1. The number of thiol groups is 2. The molecule has 0 aliphatic carbocycles. The Labute approximate surface area is 495 Å². The van der Waals surface area contributed by atoms with Crippen LogP contribution in [-0.2, 0) is 23.8 Å². The summed E-state index contributed by atoms with van der Waals surface area (Å²) in [6, 6.07) is 1.36. The molecule has 1 heterocycles. The third-order valence-electron chi connectivity index (χ3n) is 9.40. The van der Waals surface area contributed by atoms with Gasteiger partial charge in [0.1, 0.15) is 0 Å². The predicted molar refractivity (Wildman–Crippen MR) is 345 cm³/mol. The van der Waals surface area contributed by atoms with Crippen LogP contribution in [0, 0.1) is 0 Å². The number of aliphatic hydroxyl groups excluding tert-OH is 2. The minimum Gasteiger partial charge on any atom is -0.412 e. The molecule has 0 amide bonds. The van der Waals surface area contributed by atoms with Gasteiger partial charge < -0.3 is 62.5 Å². The molecule has 0 saturated carbocycles. The van der Waals surface area contributed by atoms with Crippen LogP contribution in [0.15, 0.2) is 12.7 Å². The highest BCUT2D eigenvalue weighted by Gasteiger charge is 2.27. The lowest BCUT2D eigenvalue weighted by Crippen LogP contribution is -2.37. The largest absolute Gasteiger partial charge is 0.412 e. The van der Waals surface area contributed by atoms with Crippen LogP contribution in [0.5, 0.6) is 0 Å². The lowest BCUT2D eigenvalue weighted by Gasteiger charge is -2.25. The van der Waals surface area contributed by atoms with E-state index in [1.165, 1.54) is 11.8 Å². The Kier molecular flexibility index (Phi) is 97.7. The summed E-state index contributed by atoms with van der Waals surface area (Å²) in [7, 11) is 17.3. The maximum absolute atomic E-state index is 10.7. The highest BCUT2D eigenvalue weighted by Crippen LogP contribution is 2.18. The van der Waals surface area contributed by atoms with Crippen molar-refractivity contribution in [3.63, 3.8) is 0 Å². The summed E-state index contributed by atoms with van der Waals surface area (Å²) >= 11 is 25.4. The van der Waals surface area contributed by atoms with Crippen molar-refractivity contribution >= 4 is 128 Å². The van der Waals surface area contributed by atoms with Crippen LogP contribution in [0.25, 0.3) is 0 Å². The number of thioether (sulfide) groups is 1. The molecule has 11 N–H and O–H groups in total. The second kappa shape index (κ2) is 70.3. The van der Waals surface area contributed by atoms with Crippen molar-refractivity contribution in [2.45, 2.75) is 164 Å². The number of likely N-dealkylation sites (N-methyl/N-ethyl adjacent to an activating group) is 2. The summed E-state index contributed by atoms with van der Waals surface area (Å²) in [5, 5.41) is 20.7. The van der Waals surface area contributed by atoms with Crippen LogP contribution in [-0.4, -0.2) is 232 Å². The number of nitrogens with two attached hydrogens (primary N) is 3. The zero-order chi connectivity index (χ0) is 58.5. The maximum atomic E-state index is 10.7. The van der Waals surface area contributed by atoms with Gasteiger partial charge in [-0.3, -0.25) is 8.98 Å². The molecule has 0 spiro atoms. The zero-order valence-electron chi connectivity index (χ0n) is 48.4. The molecular formula is C46H113Br5N8O8S4. The monoisotopic (exact) mass is 1430 g/mol. The van der Waals surface area contributed by atoms with Gasteiger partial charge in [0.25, 0.3) is 10.1 Å². The molecule has 1 rings (SSSR count). The van der Waals surface area contributed by atoms with Crippen LogP contribution in [0.4, 0.5) is 0 Å². The van der Waals surface area contributed by atoms with E-state index in [2.05, 4.69) is 179 Å². The summed E-state index contributed by atoms with van der Waals surface area (Å²) in [6.45, 7) is 27.4. The highest BCUT2D eigenvalue weighted by atomic mass is 80.9. The fourth-order valence-corrected chi connectivity index (χ4v) is 6.34. The van der Waals surface area contributed by atoms with Gasteiger partial charge in [-0.25, -0.2) is 0 Å². The average Bonchev–Trinajstić information content (AvgIpc) is 3.94. The molecule has 0 radical (unpaired) electrons. The molecule has 16 nitrogen and oxygen atoms in total. The van der Waals surface area contributed by atoms with Gasteiger partial charge in [-0.2, -0.15) is 33.7 Å². The van der Waals surface area contributed by atoms with E-state index in [0.29, 0.717) is 44.4 Å². The minimum absolute atomic E-state index is 0. The number of ether oxygens (including phenoxy) is 1. The van der Waals surface area contributed by atoms with E-state index in [1.807, 2.05) is 80.0 Å². The standard InChI is InChI=1S/C8H17NOS.C7H17NO3S.C6H15NO.C6H15NS.C4H9Br2N.C4H10BrNS.C4H9N.C4H8O.C2H7N.CH4O.Br2.H2O/c1-6(9(4)5)7(2)11-8(3)10;1-6(8(3)4)7(2)11-12(5,9)10;2*1-5(6(2)8)7(3)4;5-3-4(6)1-2-7;5-4(3-7)1-2-6;1-2-3-4-5;1-3-4(2)5-3;1-3-2;2*1-2;/h6-7H,1-5H3;6-7H,1-5H3;2*5-6,8H,1-4H3;4H,1-3,7H2;4,7H,1-3,6H2;2H,1,3-5H2;3-4H,1-2H3;3H,1-2H3;2H,1H3;;1H2. The number of rotatable bonds is 19. The summed E-state index contributed by atoms with van der Waals surface area (Å²) in [6.07, 6.45) is 6.42. The first kappa shape index (κ1) is 98.7. The van der Waals surface area contributed by atoms with E-state index in [0.717, 1.165) is 63.3 Å². The van der Waals surface area contributed by atoms with Crippen LogP contribution in [0.2, 0.25) is 0 Å². The van der Waals surface area contributed by atoms with E-state index in [4.69, 9.17) is 36.3 Å². The second-order valence-corrected chi connectivity index (χ2v) is 24.3. The van der Waals surface area contributed by atoms with Gasteiger partial charge in [0.15, 0.2) is 5.12 Å². The summed E-state index contributed by atoms with van der Waals surface area (Å²) in [5.41, 5.74) is 15.6. The third-order valence-corrected chi connectivity index (χ3v) is 15.7. The fraction of sp³-hybridized carbons (Fsp3) is 0.935. The quantitative estimate of drug-likeness (QED) is 0.0204. The van der Waals surface area contributed by atoms with E-state index < -0.39 is 10.1 Å². The van der Waals surface area contributed by atoms with Crippen LogP contribution < -0.4 is 22.5 Å². The Morgan fingerprint density at radius 2 is 1.11 bits per heavy atom. The average molecular weight is 1430 g/mol. The summed E-state index contributed by atoms with van der Waals surface area (Å²) in [4.78, 5) is 20.0. The number of nitrogens with zero attached hydrogens (tertiary/aromatic N) is 4. The molecular weight excluding hydrogens is 1320 g/mol. The van der Waals surface area contributed by atoms with E-state index in [-0.39, 0.29) is 34.9 Å². The number of nitrogens with one attached hydrogen (secondary N) is 1. The molecule has 12 unspecified atom stereocenters. The smallest absolute Gasteiger partial charge is 0.264 e. The molecule has 0 bridgehead atoms. The minimum atomic E-state index is -3.33. The van der Waals surface area contributed by atoms with Gasteiger partial charge in [-0.15, -0.1) is 6.58 Å². The van der Waals surface area contributed by atoms with Gasteiger partial charge in [0, 0.05) is 97.7 Å². The van der Waals surface area contributed by atoms with E-state index in [1.54, 1.807) is 26.8 Å². The van der Waals surface area contributed by atoms with E-state index >= 15 is 0 Å². The lowest BCUT2D eigenvalue weighted by molar-refractivity contribution is -0.109. The molecule has 1 aliphatic rings. The Morgan fingerprint density at radius 3 is 1.23 bits per heavy atom. The highest BCUT2D eigenvalue weighted by molar-refractivity contribution is 9.93. The number of carbonyl (C=O) groups is 1. The van der Waals surface area contributed by atoms with Gasteiger partial charge in [0.05, 0.1) is 30.7 Å². The number of aliphatic hydroxyl groups is 2. The van der Waals surface area contributed by atoms with Crippen molar-refractivity contribution < 1.29 is 37.8 Å². The van der Waals surface area contributed by atoms with Crippen LogP contribution in [0.3, 0.4) is 0 Å². The van der Waals surface area contributed by atoms with Gasteiger partial charge in [0.2, 0.25) is 0 Å². The first-order valence-corrected chi connectivity index (χ1v) is 33.6. The van der Waals surface area contributed by atoms with Crippen molar-refractivity contribution in [2.24, 2.45) is 17.2 Å². The number of epoxide rings is 1. The molecule has 71 heavy (non-hydrogen) atoms. The first-order chi connectivity index (χ1) is 32.0. The molecule has 1 saturated heterocycles. The summed E-state index contributed by atoms with van der Waals surface area (Å²) < 4.78 is 31.2. The van der Waals surface area contributed by atoms with Gasteiger partial charge >= 0.3 is 0 Å². The Balaban J connectivity index is -0.0000000638. The lowest BCUT2D eigenvalue weighted by atomic mass is 10.2. The number of carbonyl (C=O) groups excluding carboxylic acids is 1. The van der Waals surface area contributed by atoms with Crippen molar-refractivity contribution in [1.29, 1.82) is 0 Å². The summed E-state index contributed by atoms with van der Waals surface area (Å²) in [5.74, 6) is 0.872. The Morgan fingerprint density at radius 1 is 0.789 bits per heavy atom. The topological polar surface area (TPSA) is 248 Å². The van der Waals surface area contributed by atoms with E-state index in [9.17, 15) is 13.2 Å². The molecule has 0 aromatic carbocycles. The van der Waals surface area contributed by atoms with Crippen molar-refractivity contribution in [3.8, 4) is 0 Å². The van der Waals surface area contributed by atoms with Crippen molar-refractivity contribution in [3.05, 3.63) is 12.7 Å². The molecule has 0 aromatic rings. The Bertz CT molecular complexity index is 1090. The Hall–Kier alpha value is 2.29. The number of halogens is 5. The molecule has 1 fully saturated rings. The number of hydrogen-bond acceptors (Lipinski definition) is 18. The molecule has 444 valence electrons. The van der Waals surface area contributed by atoms with Gasteiger partial charge in [-0.05, 0) is 165 Å². The normalized spacial score (nSPS) is 17.0. The van der Waals surface area contributed by atoms with Crippen LogP contribution >= 0.6 is 113 Å². The number of alkyl halides is 3. The molecule has 1 aliphatic heterocycles.